The normalized spacial score (nSPS) is 10.1. The Morgan fingerprint density at radius 3 is 2.23 bits per heavy atom. The third-order valence-electron chi connectivity index (χ3n) is 2.96. The maximum Gasteiger partial charge on any atom is 0.308 e. The van der Waals surface area contributed by atoms with Crippen LogP contribution >= 0.6 is 11.6 Å². The molecule has 0 aliphatic rings. The third-order valence-corrected chi connectivity index (χ3v) is 3.31. The lowest BCUT2D eigenvalue weighted by Crippen LogP contribution is -2.03. The van der Waals surface area contributed by atoms with Gasteiger partial charge < -0.3 is 19.3 Å². The predicted molar refractivity (Wildman–Crippen MR) is 82.4 cm³/mol. The zero-order valence-corrected chi connectivity index (χ0v) is 12.9. The number of hydrogen-bond donors (Lipinski definition) is 1. The Bertz CT molecular complexity index is 662. The summed E-state index contributed by atoms with van der Waals surface area (Å²) in [4.78, 5) is 11.0. The molecule has 0 fully saturated rings. The van der Waals surface area contributed by atoms with Crippen LogP contribution in [0.3, 0.4) is 0 Å². The van der Waals surface area contributed by atoms with Crippen LogP contribution in [0.25, 0.3) is 0 Å². The molecule has 0 aromatic heterocycles. The molecule has 2 aromatic rings. The lowest BCUT2D eigenvalue weighted by molar-refractivity contribution is -0.136. The number of carboxylic acids is 1. The van der Waals surface area contributed by atoms with Crippen molar-refractivity contribution in [2.45, 2.75) is 6.42 Å². The van der Waals surface area contributed by atoms with Crippen LogP contribution in [0.1, 0.15) is 5.56 Å². The van der Waals surface area contributed by atoms with Gasteiger partial charge in [0.05, 0.1) is 20.6 Å². The number of methoxy groups -OCH3 is 2. The van der Waals surface area contributed by atoms with Gasteiger partial charge in [0.2, 0.25) is 0 Å². The van der Waals surface area contributed by atoms with Gasteiger partial charge in [-0.1, -0.05) is 17.7 Å². The summed E-state index contributed by atoms with van der Waals surface area (Å²) < 4.78 is 16.1. The number of rotatable bonds is 6. The highest BCUT2D eigenvalue weighted by molar-refractivity contribution is 6.31. The van der Waals surface area contributed by atoms with Gasteiger partial charge in [0.15, 0.2) is 0 Å². The van der Waals surface area contributed by atoms with Crippen LogP contribution in [0.5, 0.6) is 23.0 Å². The first-order chi connectivity index (χ1) is 10.5. The average molecular weight is 323 g/mol. The lowest BCUT2D eigenvalue weighted by atomic mass is 10.1. The Morgan fingerprint density at radius 2 is 1.68 bits per heavy atom. The van der Waals surface area contributed by atoms with Gasteiger partial charge in [0, 0.05) is 28.8 Å². The molecular formula is C16H15ClO5. The van der Waals surface area contributed by atoms with Crippen LogP contribution < -0.4 is 14.2 Å². The maximum atomic E-state index is 11.0. The van der Waals surface area contributed by atoms with E-state index in [0.717, 1.165) is 0 Å². The molecule has 0 saturated carbocycles. The summed E-state index contributed by atoms with van der Waals surface area (Å²) in [5.41, 5.74) is 0.415. The van der Waals surface area contributed by atoms with E-state index in [2.05, 4.69) is 0 Å². The van der Waals surface area contributed by atoms with E-state index in [-0.39, 0.29) is 6.42 Å². The molecule has 0 saturated heterocycles. The Hall–Kier alpha value is -2.40. The molecule has 0 atom stereocenters. The quantitative estimate of drug-likeness (QED) is 0.876. The van der Waals surface area contributed by atoms with E-state index in [4.69, 9.17) is 30.9 Å². The second-order valence-electron chi connectivity index (χ2n) is 4.44. The molecule has 116 valence electrons. The molecule has 6 heteroatoms. The Labute approximate surface area is 133 Å². The molecule has 2 rings (SSSR count). The predicted octanol–water partition coefficient (Wildman–Crippen LogP) is 3.78. The molecule has 0 amide bonds. The van der Waals surface area contributed by atoms with Crippen LogP contribution in [0.15, 0.2) is 36.4 Å². The van der Waals surface area contributed by atoms with Gasteiger partial charge in [-0.25, -0.2) is 0 Å². The van der Waals surface area contributed by atoms with Crippen molar-refractivity contribution in [3.05, 3.63) is 47.0 Å². The van der Waals surface area contributed by atoms with Gasteiger partial charge >= 0.3 is 5.97 Å². The van der Waals surface area contributed by atoms with E-state index in [0.29, 0.717) is 33.6 Å². The fourth-order valence-corrected chi connectivity index (χ4v) is 2.16. The van der Waals surface area contributed by atoms with Crippen molar-refractivity contribution in [2.24, 2.45) is 0 Å². The van der Waals surface area contributed by atoms with Crippen LogP contribution in [-0.2, 0) is 11.2 Å². The van der Waals surface area contributed by atoms with Gasteiger partial charge in [-0.05, 0) is 12.1 Å². The molecule has 0 spiro atoms. The highest BCUT2D eigenvalue weighted by Crippen LogP contribution is 2.34. The summed E-state index contributed by atoms with van der Waals surface area (Å²) >= 11 is 6.06. The topological polar surface area (TPSA) is 65.0 Å². The van der Waals surface area contributed by atoms with E-state index in [1.165, 1.54) is 14.2 Å². The first-order valence-corrected chi connectivity index (χ1v) is 6.81. The summed E-state index contributed by atoms with van der Waals surface area (Å²) in [7, 11) is 3.07. The molecule has 0 aliphatic heterocycles. The minimum atomic E-state index is -0.985. The fraction of sp³-hybridized carbons (Fsp3) is 0.188. The van der Waals surface area contributed by atoms with Gasteiger partial charge in [-0.3, -0.25) is 4.79 Å². The number of benzene rings is 2. The summed E-state index contributed by atoms with van der Waals surface area (Å²) in [6.45, 7) is 0. The van der Waals surface area contributed by atoms with Crippen LogP contribution in [0.2, 0.25) is 5.02 Å². The minimum absolute atomic E-state index is 0.226. The van der Waals surface area contributed by atoms with Gasteiger partial charge in [0.25, 0.3) is 0 Å². The molecule has 0 heterocycles. The summed E-state index contributed by atoms with van der Waals surface area (Å²) in [6.07, 6.45) is -0.226. The number of hydrogen-bond acceptors (Lipinski definition) is 4. The molecule has 0 radical (unpaired) electrons. The molecular weight excluding hydrogens is 308 g/mol. The van der Waals surface area contributed by atoms with E-state index in [9.17, 15) is 4.79 Å². The van der Waals surface area contributed by atoms with Crippen molar-refractivity contribution in [1.82, 2.24) is 0 Å². The van der Waals surface area contributed by atoms with Crippen molar-refractivity contribution in [3.63, 3.8) is 0 Å². The summed E-state index contributed by atoms with van der Waals surface area (Å²) in [5, 5.41) is 9.33. The zero-order valence-electron chi connectivity index (χ0n) is 12.1. The molecule has 2 aromatic carbocycles. The maximum absolute atomic E-state index is 11.0. The van der Waals surface area contributed by atoms with E-state index < -0.39 is 5.97 Å². The monoisotopic (exact) mass is 322 g/mol. The smallest absolute Gasteiger partial charge is 0.308 e. The van der Waals surface area contributed by atoms with Crippen molar-refractivity contribution < 1.29 is 24.1 Å². The van der Waals surface area contributed by atoms with E-state index in [1.54, 1.807) is 36.4 Å². The third kappa shape index (κ3) is 3.83. The summed E-state index contributed by atoms with van der Waals surface area (Å²) in [6, 6.07) is 10.0. The molecule has 0 unspecified atom stereocenters. The zero-order chi connectivity index (χ0) is 16.1. The standard InChI is InChI=1S/C16H15ClO5/c1-20-10-6-11(21-2)8-12(7-10)22-15-5-3-4-14(17)13(15)9-16(18)19/h3-8H,9H2,1-2H3,(H,18,19). The number of carboxylic acid groups (broad SMARTS) is 1. The summed E-state index contributed by atoms with van der Waals surface area (Å²) in [5.74, 6) is 0.990. The van der Waals surface area contributed by atoms with Gasteiger partial charge in [0.1, 0.15) is 23.0 Å². The Kier molecular flexibility index (Phi) is 5.12. The lowest BCUT2D eigenvalue weighted by Gasteiger charge is -2.13. The number of carbonyl (C=O) groups is 1. The largest absolute Gasteiger partial charge is 0.496 e. The Morgan fingerprint density at radius 1 is 1.09 bits per heavy atom. The SMILES string of the molecule is COc1cc(OC)cc(Oc2cccc(Cl)c2CC(=O)O)c1. The van der Waals surface area contributed by atoms with Crippen molar-refractivity contribution in [3.8, 4) is 23.0 Å². The van der Waals surface area contributed by atoms with E-state index >= 15 is 0 Å². The first-order valence-electron chi connectivity index (χ1n) is 6.43. The molecule has 22 heavy (non-hydrogen) atoms. The first kappa shape index (κ1) is 16.0. The van der Waals surface area contributed by atoms with Crippen molar-refractivity contribution >= 4 is 17.6 Å². The van der Waals surface area contributed by atoms with E-state index in [1.807, 2.05) is 0 Å². The highest BCUT2D eigenvalue weighted by atomic mass is 35.5. The Balaban J connectivity index is 2.38. The second kappa shape index (κ2) is 7.04. The van der Waals surface area contributed by atoms with Gasteiger partial charge in [-0.2, -0.15) is 0 Å². The van der Waals surface area contributed by atoms with Crippen LogP contribution in [0.4, 0.5) is 0 Å². The average Bonchev–Trinajstić information content (AvgIpc) is 2.50. The molecule has 0 bridgehead atoms. The van der Waals surface area contributed by atoms with Gasteiger partial charge in [-0.15, -0.1) is 0 Å². The van der Waals surface area contributed by atoms with Crippen molar-refractivity contribution in [2.75, 3.05) is 14.2 Å². The second-order valence-corrected chi connectivity index (χ2v) is 4.84. The van der Waals surface area contributed by atoms with Crippen molar-refractivity contribution in [1.29, 1.82) is 0 Å². The van der Waals surface area contributed by atoms with Crippen LogP contribution in [-0.4, -0.2) is 25.3 Å². The number of halogens is 1. The highest BCUT2D eigenvalue weighted by Gasteiger charge is 2.13. The van der Waals surface area contributed by atoms with Crippen LogP contribution in [0, 0.1) is 0 Å². The molecule has 5 nitrogen and oxygen atoms in total. The minimum Gasteiger partial charge on any atom is -0.496 e. The fourth-order valence-electron chi connectivity index (χ4n) is 1.92. The number of aliphatic carboxylic acids is 1. The molecule has 1 N–H and O–H groups in total. The molecule has 0 aliphatic carbocycles. The number of ether oxygens (including phenoxy) is 3.